The molecule has 0 aliphatic carbocycles. The minimum absolute atomic E-state index is 0.188. The zero-order valence-corrected chi connectivity index (χ0v) is 20.1. The standard InChI is InChI=1S/C25H23ClN6O4/c1-35-14-13-31-24(33)30-23(32(25(31)34)16-17-5-7-18(26)8-6-17)29-19-9-11-21(12-10-19)36-22-4-2-3-20(15-27)28-22/h2-12,25,34H,13-14,16H2,1H3,(H,29,30,33). The van der Waals surface area contributed by atoms with Crippen LogP contribution in [0.25, 0.3) is 0 Å². The number of pyridine rings is 1. The molecule has 11 heteroatoms. The third kappa shape index (κ3) is 6.09. The predicted octanol–water partition coefficient (Wildman–Crippen LogP) is 3.84. The summed E-state index contributed by atoms with van der Waals surface area (Å²) in [5.74, 6) is 0.979. The van der Waals surface area contributed by atoms with Gasteiger partial charge in [0.2, 0.25) is 18.2 Å². The Morgan fingerprint density at radius 3 is 2.58 bits per heavy atom. The van der Waals surface area contributed by atoms with Crippen molar-refractivity contribution in [3.8, 4) is 17.7 Å². The lowest BCUT2D eigenvalue weighted by molar-refractivity contribution is -0.0748. The van der Waals surface area contributed by atoms with Crippen LogP contribution in [0, 0.1) is 11.3 Å². The summed E-state index contributed by atoms with van der Waals surface area (Å²) in [6.45, 7) is 0.726. The molecule has 1 unspecified atom stereocenters. The summed E-state index contributed by atoms with van der Waals surface area (Å²) in [5, 5.41) is 23.4. The molecule has 0 saturated carbocycles. The van der Waals surface area contributed by atoms with Gasteiger partial charge in [0.05, 0.1) is 25.4 Å². The Balaban J connectivity index is 1.57. The first-order chi connectivity index (χ1) is 17.5. The SMILES string of the molecule is COCCN1C(=O)NC(=Nc2ccc(Oc3cccc(C#N)n3)cc2)N(Cc2ccc(Cl)cc2)C1O. The zero-order valence-electron chi connectivity index (χ0n) is 19.3. The monoisotopic (exact) mass is 506 g/mol. The molecule has 1 aromatic heterocycles. The second kappa shape index (κ2) is 11.5. The molecule has 2 aromatic carbocycles. The van der Waals surface area contributed by atoms with Gasteiger partial charge in [-0.15, -0.1) is 0 Å². The van der Waals surface area contributed by atoms with E-state index in [0.717, 1.165) is 5.56 Å². The first kappa shape index (κ1) is 24.9. The fraction of sp³-hybridized carbons (Fsp3) is 0.200. The van der Waals surface area contributed by atoms with Crippen LogP contribution < -0.4 is 10.1 Å². The lowest BCUT2D eigenvalue weighted by atomic mass is 10.2. The van der Waals surface area contributed by atoms with Crippen molar-refractivity contribution in [1.29, 1.82) is 5.26 Å². The van der Waals surface area contributed by atoms with Gasteiger partial charge in [0.15, 0.2) is 0 Å². The van der Waals surface area contributed by atoms with Crippen molar-refractivity contribution in [2.45, 2.75) is 12.9 Å². The highest BCUT2D eigenvalue weighted by atomic mass is 35.5. The molecular weight excluding hydrogens is 484 g/mol. The molecule has 10 nitrogen and oxygen atoms in total. The summed E-state index contributed by atoms with van der Waals surface area (Å²) in [6.07, 6.45) is -1.26. The predicted molar refractivity (Wildman–Crippen MR) is 133 cm³/mol. The van der Waals surface area contributed by atoms with E-state index in [1.165, 1.54) is 12.0 Å². The number of methoxy groups -OCH3 is 1. The number of nitrogens with zero attached hydrogens (tertiary/aromatic N) is 5. The molecule has 0 radical (unpaired) electrons. The van der Waals surface area contributed by atoms with Gasteiger partial charge < -0.3 is 14.6 Å². The molecule has 1 aliphatic rings. The number of aliphatic hydroxyl groups excluding tert-OH is 1. The highest BCUT2D eigenvalue weighted by molar-refractivity contribution is 6.30. The van der Waals surface area contributed by atoms with Gasteiger partial charge in [0, 0.05) is 18.2 Å². The Morgan fingerprint density at radius 2 is 1.89 bits per heavy atom. The molecule has 4 rings (SSSR count). The van der Waals surface area contributed by atoms with Crippen molar-refractivity contribution in [3.05, 3.63) is 83.0 Å². The zero-order chi connectivity index (χ0) is 25.5. The Labute approximate surface area is 213 Å². The molecule has 3 aromatic rings. The van der Waals surface area contributed by atoms with Gasteiger partial charge in [0.25, 0.3) is 0 Å². The van der Waals surface area contributed by atoms with E-state index in [1.54, 1.807) is 59.5 Å². The van der Waals surface area contributed by atoms with Gasteiger partial charge in [0.1, 0.15) is 17.5 Å². The number of guanidine groups is 1. The first-order valence-electron chi connectivity index (χ1n) is 11.0. The quantitative estimate of drug-likeness (QED) is 0.475. The molecule has 2 heterocycles. The van der Waals surface area contributed by atoms with Crippen LogP contribution in [0.2, 0.25) is 5.02 Å². The maximum atomic E-state index is 12.7. The number of aliphatic hydroxyl groups is 1. The molecule has 1 atom stereocenters. The Hall–Kier alpha value is -4.17. The van der Waals surface area contributed by atoms with Crippen molar-refractivity contribution in [1.82, 2.24) is 20.1 Å². The Bertz CT molecular complexity index is 1280. The number of halogens is 1. The van der Waals surface area contributed by atoms with Crippen molar-refractivity contribution >= 4 is 29.3 Å². The van der Waals surface area contributed by atoms with E-state index < -0.39 is 12.4 Å². The normalized spacial score (nSPS) is 16.6. The Morgan fingerprint density at radius 1 is 1.14 bits per heavy atom. The van der Waals surface area contributed by atoms with Crippen LogP contribution in [-0.4, -0.2) is 58.5 Å². The Kier molecular flexibility index (Phi) is 7.97. The number of aliphatic imine (C=N–C) groups is 1. The van der Waals surface area contributed by atoms with Crippen LogP contribution in [0.4, 0.5) is 10.5 Å². The lowest BCUT2D eigenvalue weighted by Crippen LogP contribution is -2.65. The average molecular weight is 507 g/mol. The van der Waals surface area contributed by atoms with E-state index in [2.05, 4.69) is 15.3 Å². The number of nitriles is 1. The summed E-state index contributed by atoms with van der Waals surface area (Å²) in [7, 11) is 1.52. The molecule has 0 bridgehead atoms. The summed E-state index contributed by atoms with van der Waals surface area (Å²) < 4.78 is 10.8. The molecule has 2 N–H and O–H groups in total. The second-order valence-corrected chi connectivity index (χ2v) is 8.16. The third-order valence-corrected chi connectivity index (χ3v) is 5.50. The smallest absolute Gasteiger partial charge is 0.327 e. The number of hydrogen-bond donors (Lipinski definition) is 2. The molecule has 1 aliphatic heterocycles. The molecule has 1 fully saturated rings. The van der Waals surface area contributed by atoms with Gasteiger partial charge in [-0.1, -0.05) is 29.8 Å². The van der Waals surface area contributed by atoms with Crippen molar-refractivity contribution in [3.63, 3.8) is 0 Å². The minimum Gasteiger partial charge on any atom is -0.439 e. The second-order valence-electron chi connectivity index (χ2n) is 7.72. The van der Waals surface area contributed by atoms with Gasteiger partial charge in [-0.05, 0) is 48.0 Å². The molecule has 1 saturated heterocycles. The van der Waals surface area contributed by atoms with Crippen molar-refractivity contribution in [2.24, 2.45) is 4.99 Å². The summed E-state index contributed by atoms with van der Waals surface area (Å²) in [6, 6.07) is 20.4. The van der Waals surface area contributed by atoms with E-state index in [-0.39, 0.29) is 31.3 Å². The highest BCUT2D eigenvalue weighted by Crippen LogP contribution is 2.24. The van der Waals surface area contributed by atoms with E-state index in [9.17, 15) is 9.90 Å². The van der Waals surface area contributed by atoms with Gasteiger partial charge in [-0.3, -0.25) is 15.1 Å². The maximum Gasteiger partial charge on any atom is 0.327 e. The van der Waals surface area contributed by atoms with Gasteiger partial charge in [-0.2, -0.15) is 5.26 Å². The van der Waals surface area contributed by atoms with E-state index in [1.807, 2.05) is 18.2 Å². The number of carbonyl (C=O) groups excluding carboxylic acids is 1. The van der Waals surface area contributed by atoms with Crippen LogP contribution in [0.3, 0.4) is 0 Å². The number of rotatable bonds is 8. The van der Waals surface area contributed by atoms with Crippen molar-refractivity contribution < 1.29 is 19.4 Å². The lowest BCUT2D eigenvalue weighted by Gasteiger charge is -2.42. The number of carbonyl (C=O) groups is 1. The van der Waals surface area contributed by atoms with Crippen molar-refractivity contribution in [2.75, 3.05) is 20.3 Å². The van der Waals surface area contributed by atoms with Gasteiger partial charge in [-0.25, -0.2) is 14.8 Å². The highest BCUT2D eigenvalue weighted by Gasteiger charge is 2.36. The molecular formula is C25H23ClN6O4. The van der Waals surface area contributed by atoms with Crippen LogP contribution >= 0.6 is 11.6 Å². The minimum atomic E-state index is -1.26. The summed E-state index contributed by atoms with van der Waals surface area (Å²) in [5.41, 5.74) is 1.64. The number of urea groups is 1. The number of benzene rings is 2. The molecule has 0 spiro atoms. The number of nitrogens with one attached hydrogen (secondary N) is 1. The maximum absolute atomic E-state index is 12.7. The topological polar surface area (TPSA) is 123 Å². The third-order valence-electron chi connectivity index (χ3n) is 5.24. The summed E-state index contributed by atoms with van der Waals surface area (Å²) in [4.78, 5) is 24.2. The van der Waals surface area contributed by atoms with E-state index >= 15 is 0 Å². The molecule has 184 valence electrons. The summed E-state index contributed by atoms with van der Waals surface area (Å²) >= 11 is 6.00. The van der Waals surface area contributed by atoms with Crippen LogP contribution in [0.1, 0.15) is 11.3 Å². The van der Waals surface area contributed by atoms with Crippen LogP contribution in [0.15, 0.2) is 71.7 Å². The number of amides is 2. The number of ether oxygens (including phenoxy) is 2. The van der Waals surface area contributed by atoms with Crippen LogP contribution in [0.5, 0.6) is 11.6 Å². The van der Waals surface area contributed by atoms with E-state index in [4.69, 9.17) is 26.3 Å². The van der Waals surface area contributed by atoms with E-state index in [0.29, 0.717) is 22.3 Å². The first-order valence-corrected chi connectivity index (χ1v) is 11.3. The fourth-order valence-electron chi connectivity index (χ4n) is 3.43. The molecule has 2 amide bonds. The number of hydrogen-bond acceptors (Lipinski definition) is 7. The molecule has 36 heavy (non-hydrogen) atoms. The van der Waals surface area contributed by atoms with Crippen LogP contribution in [-0.2, 0) is 11.3 Å². The van der Waals surface area contributed by atoms with Gasteiger partial charge >= 0.3 is 6.03 Å². The number of aromatic nitrogens is 1. The fourth-order valence-corrected chi connectivity index (χ4v) is 3.56. The largest absolute Gasteiger partial charge is 0.439 e. The average Bonchev–Trinajstić information content (AvgIpc) is 2.88.